The van der Waals surface area contributed by atoms with Crippen LogP contribution in [0.3, 0.4) is 0 Å². The first-order valence-electron chi connectivity index (χ1n) is 9.46. The van der Waals surface area contributed by atoms with Gasteiger partial charge in [-0.1, -0.05) is 6.07 Å². The molecule has 0 aliphatic carbocycles. The summed E-state index contributed by atoms with van der Waals surface area (Å²) in [6.07, 6.45) is 1.83. The Balaban J connectivity index is 1.79. The van der Waals surface area contributed by atoms with Crippen LogP contribution in [0.1, 0.15) is 36.1 Å². The molecule has 1 N–H and O–H groups in total. The van der Waals surface area contributed by atoms with Gasteiger partial charge < -0.3 is 19.5 Å². The largest absolute Gasteiger partial charge is 0.494 e. The van der Waals surface area contributed by atoms with Crippen LogP contribution >= 0.6 is 12.2 Å². The van der Waals surface area contributed by atoms with E-state index >= 15 is 0 Å². The highest BCUT2D eigenvalue weighted by Gasteiger charge is 2.41. The van der Waals surface area contributed by atoms with Crippen molar-refractivity contribution < 1.29 is 4.74 Å². The lowest BCUT2D eigenvalue weighted by molar-refractivity contribution is 0.340. The van der Waals surface area contributed by atoms with Crippen LogP contribution in [0.5, 0.6) is 5.75 Å². The zero-order valence-corrected chi connectivity index (χ0v) is 17.1. The molecule has 0 saturated carbocycles. The number of anilines is 1. The monoisotopic (exact) mass is 392 g/mol. The van der Waals surface area contributed by atoms with Crippen molar-refractivity contribution in [3.63, 3.8) is 0 Å². The molecule has 6 heteroatoms. The molecule has 0 bridgehead atoms. The number of hydrogen-bond acceptors (Lipinski definition) is 3. The van der Waals surface area contributed by atoms with Crippen molar-refractivity contribution in [2.24, 2.45) is 7.05 Å². The first-order valence-corrected chi connectivity index (χ1v) is 9.86. The van der Waals surface area contributed by atoms with E-state index in [1.165, 1.54) is 11.4 Å². The van der Waals surface area contributed by atoms with Crippen molar-refractivity contribution in [2.45, 2.75) is 25.9 Å². The average molecular weight is 393 g/mol. The number of aryl methyl sites for hydroxylation is 1. The fraction of sp³-hybridized carbons (Fsp3) is 0.273. The molecule has 28 heavy (non-hydrogen) atoms. The molecule has 5 nitrogen and oxygen atoms in total. The first kappa shape index (κ1) is 18.5. The molecule has 2 aromatic heterocycles. The number of thiocarbonyl (C=S) groups is 1. The molecule has 4 rings (SSSR count). The Labute approximate surface area is 171 Å². The predicted molar refractivity (Wildman–Crippen MR) is 116 cm³/mol. The summed E-state index contributed by atoms with van der Waals surface area (Å²) in [5, 5.41) is 4.19. The van der Waals surface area contributed by atoms with E-state index < -0.39 is 0 Å². The second-order valence-corrected chi connectivity index (χ2v) is 7.27. The number of benzene rings is 1. The van der Waals surface area contributed by atoms with Gasteiger partial charge in [-0.2, -0.15) is 0 Å². The number of nitrogens with zero attached hydrogens (tertiary/aromatic N) is 3. The minimum atomic E-state index is -0.0340. The molecule has 1 aliphatic heterocycles. The van der Waals surface area contributed by atoms with Gasteiger partial charge in [0.25, 0.3) is 0 Å². The third-order valence-corrected chi connectivity index (χ3v) is 5.55. The van der Waals surface area contributed by atoms with E-state index in [-0.39, 0.29) is 12.1 Å². The number of hydrogen-bond donors (Lipinski definition) is 1. The maximum Gasteiger partial charge on any atom is 0.174 e. The quantitative estimate of drug-likeness (QED) is 0.656. The Kier molecular flexibility index (Phi) is 5.05. The van der Waals surface area contributed by atoms with E-state index in [0.29, 0.717) is 11.7 Å². The predicted octanol–water partition coefficient (Wildman–Crippen LogP) is 4.30. The van der Waals surface area contributed by atoms with E-state index in [9.17, 15) is 0 Å². The summed E-state index contributed by atoms with van der Waals surface area (Å²) < 4.78 is 7.81. The van der Waals surface area contributed by atoms with Gasteiger partial charge in [0.05, 0.1) is 18.3 Å². The molecule has 1 saturated heterocycles. The molecule has 1 aliphatic rings. The van der Waals surface area contributed by atoms with E-state index in [0.717, 1.165) is 17.1 Å². The zero-order valence-electron chi connectivity index (χ0n) is 16.3. The molecule has 0 amide bonds. The van der Waals surface area contributed by atoms with Gasteiger partial charge in [0.2, 0.25) is 0 Å². The van der Waals surface area contributed by atoms with Crippen LogP contribution in [0.2, 0.25) is 0 Å². The summed E-state index contributed by atoms with van der Waals surface area (Å²) in [5.74, 6) is 0.858. The van der Waals surface area contributed by atoms with Crippen molar-refractivity contribution in [1.29, 1.82) is 0 Å². The topological polar surface area (TPSA) is 42.3 Å². The summed E-state index contributed by atoms with van der Waals surface area (Å²) in [4.78, 5) is 6.78. The van der Waals surface area contributed by atoms with Gasteiger partial charge in [0.1, 0.15) is 11.8 Å². The molecule has 0 radical (unpaired) electrons. The van der Waals surface area contributed by atoms with Crippen molar-refractivity contribution in [3.8, 4) is 5.75 Å². The van der Waals surface area contributed by atoms with Gasteiger partial charge >= 0.3 is 0 Å². The second-order valence-electron chi connectivity index (χ2n) is 6.88. The lowest BCUT2D eigenvalue weighted by Crippen LogP contribution is -2.30. The fourth-order valence-corrected chi connectivity index (χ4v) is 4.08. The molecule has 0 spiro atoms. The van der Waals surface area contributed by atoms with Crippen LogP contribution in [0.25, 0.3) is 0 Å². The highest BCUT2D eigenvalue weighted by atomic mass is 32.1. The van der Waals surface area contributed by atoms with Gasteiger partial charge in [-0.15, -0.1) is 0 Å². The molecule has 0 unspecified atom stereocenters. The van der Waals surface area contributed by atoms with Crippen molar-refractivity contribution in [2.75, 3.05) is 11.5 Å². The molecule has 3 aromatic rings. The van der Waals surface area contributed by atoms with Crippen molar-refractivity contribution >= 4 is 23.0 Å². The maximum absolute atomic E-state index is 5.76. The maximum atomic E-state index is 5.76. The number of rotatable bonds is 5. The van der Waals surface area contributed by atoms with Crippen LogP contribution in [-0.4, -0.2) is 21.3 Å². The Bertz CT molecular complexity index is 968. The van der Waals surface area contributed by atoms with E-state index in [2.05, 4.69) is 58.0 Å². The lowest BCUT2D eigenvalue weighted by Gasteiger charge is -2.28. The summed E-state index contributed by atoms with van der Waals surface area (Å²) in [5.41, 5.74) is 4.40. The van der Waals surface area contributed by atoms with Crippen molar-refractivity contribution in [1.82, 2.24) is 14.9 Å². The number of ether oxygens (including phenoxy) is 1. The minimum absolute atomic E-state index is 0.000886. The molecule has 144 valence electrons. The van der Waals surface area contributed by atoms with E-state index in [1.54, 1.807) is 0 Å². The summed E-state index contributed by atoms with van der Waals surface area (Å²) in [7, 11) is 2.10. The van der Waals surface area contributed by atoms with Gasteiger partial charge in [0.15, 0.2) is 5.11 Å². The molecule has 2 atom stereocenters. The van der Waals surface area contributed by atoms with Crippen LogP contribution in [0, 0.1) is 6.92 Å². The van der Waals surface area contributed by atoms with Gasteiger partial charge in [0, 0.05) is 30.3 Å². The number of aromatic nitrogens is 2. The van der Waals surface area contributed by atoms with Gasteiger partial charge in [-0.3, -0.25) is 4.98 Å². The van der Waals surface area contributed by atoms with Gasteiger partial charge in [-0.05, 0) is 74.6 Å². The third-order valence-electron chi connectivity index (χ3n) is 5.24. The second kappa shape index (κ2) is 7.64. The van der Waals surface area contributed by atoms with Crippen LogP contribution in [-0.2, 0) is 7.05 Å². The Morgan fingerprint density at radius 3 is 2.50 bits per heavy atom. The summed E-state index contributed by atoms with van der Waals surface area (Å²) in [6, 6.07) is 18.4. The molecule has 1 aromatic carbocycles. The van der Waals surface area contributed by atoms with Gasteiger partial charge in [-0.25, -0.2) is 0 Å². The molecule has 3 heterocycles. The number of nitrogens with one attached hydrogen (secondary N) is 1. The Morgan fingerprint density at radius 2 is 1.89 bits per heavy atom. The number of pyridine rings is 1. The normalized spacial score (nSPS) is 19.0. The SMILES string of the molecule is CCOc1ccc(N2C(=S)N[C@@H](c3ccccn3)[C@H]2c2ccc(C)n2C)cc1. The summed E-state index contributed by atoms with van der Waals surface area (Å²) in [6.45, 7) is 4.75. The first-order chi connectivity index (χ1) is 13.6. The van der Waals surface area contributed by atoms with Crippen LogP contribution in [0.15, 0.2) is 60.8 Å². The standard InChI is InChI=1S/C22H24N4OS/c1-4-27-17-11-9-16(10-12-17)26-21(19-13-8-15(2)25(19)3)20(24-22(26)28)18-7-5-6-14-23-18/h5-14,20-21H,4H2,1-3H3,(H,24,28)/t20-,21+/m0/s1. The van der Waals surface area contributed by atoms with Crippen molar-refractivity contribution in [3.05, 3.63) is 77.9 Å². The lowest BCUT2D eigenvalue weighted by atomic mass is 10.0. The summed E-state index contributed by atoms with van der Waals surface area (Å²) >= 11 is 5.76. The van der Waals surface area contributed by atoms with Crippen LogP contribution < -0.4 is 15.0 Å². The van der Waals surface area contributed by atoms with E-state index in [1.807, 2.05) is 43.5 Å². The average Bonchev–Trinajstić information content (AvgIpc) is 3.23. The highest BCUT2D eigenvalue weighted by Crippen LogP contribution is 2.42. The fourth-order valence-electron chi connectivity index (χ4n) is 3.73. The molecular formula is C22H24N4OS. The zero-order chi connectivity index (χ0) is 19.7. The Hall–Kier alpha value is -2.86. The smallest absolute Gasteiger partial charge is 0.174 e. The van der Waals surface area contributed by atoms with E-state index in [4.69, 9.17) is 17.0 Å². The third kappa shape index (κ3) is 3.24. The molecule has 1 fully saturated rings. The highest BCUT2D eigenvalue weighted by molar-refractivity contribution is 7.80. The van der Waals surface area contributed by atoms with Crippen LogP contribution in [0.4, 0.5) is 5.69 Å². The Morgan fingerprint density at radius 1 is 1.11 bits per heavy atom. The minimum Gasteiger partial charge on any atom is -0.494 e. The molecular weight excluding hydrogens is 368 g/mol.